The highest BCUT2D eigenvalue weighted by atomic mass is 28.3. The Kier molecular flexibility index (Phi) is 10.4. The van der Waals surface area contributed by atoms with Crippen LogP contribution in [-0.4, -0.2) is 60.3 Å². The average molecular weight is 778 g/mol. The number of aryl methyl sites for hydroxylation is 1. The maximum absolute atomic E-state index is 15.4. The average Bonchev–Trinajstić information content (AvgIpc) is 3.91. The van der Waals surface area contributed by atoms with Gasteiger partial charge in [0.05, 0.1) is 45.2 Å². The third-order valence-electron chi connectivity index (χ3n) is 12.1. The van der Waals surface area contributed by atoms with Crippen molar-refractivity contribution in [2.75, 3.05) is 23.5 Å². The summed E-state index contributed by atoms with van der Waals surface area (Å²) >= 11 is 0. The molecule has 0 aliphatic carbocycles. The number of fused-ring (bicyclic) bond motifs is 2. The molecule has 1 N–H and O–H groups in total. The predicted molar refractivity (Wildman–Crippen MR) is 224 cm³/mol. The summed E-state index contributed by atoms with van der Waals surface area (Å²) in [5.41, 5.74) is 3.89. The number of aromatic nitrogens is 3. The van der Waals surface area contributed by atoms with Crippen LogP contribution in [0.2, 0.25) is 18.6 Å². The third kappa shape index (κ3) is 6.65. The molecule has 1 spiro atoms. The predicted octanol–water partition coefficient (Wildman–Crippen LogP) is 7.69. The number of para-hydroxylation sites is 2. The number of ether oxygens (including phenoxy) is 2. The minimum Gasteiger partial charge on any atom is -0.497 e. The largest absolute Gasteiger partial charge is 0.497 e. The van der Waals surface area contributed by atoms with Crippen LogP contribution in [0, 0.1) is 5.92 Å². The molecular weight excluding hydrogens is 731 g/mol. The van der Waals surface area contributed by atoms with Gasteiger partial charge in [-0.05, 0) is 72.1 Å². The zero-order valence-corrected chi connectivity index (χ0v) is 33.6. The fourth-order valence-electron chi connectivity index (χ4n) is 9.24. The summed E-state index contributed by atoms with van der Waals surface area (Å²) in [4.78, 5) is 31.6. The van der Waals surface area contributed by atoms with E-state index in [2.05, 4.69) is 42.5 Å². The highest BCUT2D eigenvalue weighted by Gasteiger charge is 2.66. The molecule has 1 saturated heterocycles. The van der Waals surface area contributed by atoms with Crippen molar-refractivity contribution in [1.82, 2.24) is 15.0 Å². The molecule has 5 aromatic carbocycles. The fourth-order valence-corrected chi connectivity index (χ4v) is 13.3. The minimum atomic E-state index is -2.45. The number of rotatable bonds is 13. The van der Waals surface area contributed by atoms with Crippen LogP contribution in [0.4, 0.5) is 22.7 Å². The van der Waals surface area contributed by atoms with Gasteiger partial charge in [0.2, 0.25) is 6.41 Å². The van der Waals surface area contributed by atoms with Gasteiger partial charge in [-0.3, -0.25) is 24.1 Å². The van der Waals surface area contributed by atoms with E-state index >= 15 is 4.79 Å². The summed E-state index contributed by atoms with van der Waals surface area (Å²) in [6.07, 6.45) is 2.94. The summed E-state index contributed by atoms with van der Waals surface area (Å²) in [7, 11) is -0.777. The Morgan fingerprint density at radius 1 is 0.912 bits per heavy atom. The first kappa shape index (κ1) is 38.0. The molecule has 0 bridgehead atoms. The first-order valence-corrected chi connectivity index (χ1v) is 22.5. The standard InChI is InChI=1S/C46H47N5O5Si/c1-32-44(57(3,4)38-23-21-37(55-2)22-24-38)43(26-27-49-29-41(47-48-49)39(30-52)33-14-8-5-9-15-33)56-46(32)40-28-36(50(31-53)34-16-10-6-11-17-34)20-25-42(40)51(45(46)54)35-18-12-7-13-19-35/h5-25,28-29,31-32,39,43-44,52H,26-27,30H2,1-4H3/t32-,39?,43+,44-,46+/m1/s1. The van der Waals surface area contributed by atoms with Gasteiger partial charge in [-0.1, -0.05) is 109 Å². The van der Waals surface area contributed by atoms with E-state index in [0.717, 1.165) is 40.3 Å². The second kappa shape index (κ2) is 15.6. The van der Waals surface area contributed by atoms with E-state index in [1.165, 1.54) is 5.19 Å². The van der Waals surface area contributed by atoms with E-state index in [1.807, 2.05) is 132 Å². The van der Waals surface area contributed by atoms with Gasteiger partial charge in [0.1, 0.15) is 5.75 Å². The lowest BCUT2D eigenvalue weighted by Crippen LogP contribution is -2.51. The highest BCUT2D eigenvalue weighted by molar-refractivity contribution is 6.91. The molecule has 2 aliphatic rings. The second-order valence-electron chi connectivity index (χ2n) is 15.5. The zero-order valence-electron chi connectivity index (χ0n) is 32.6. The Bertz CT molecular complexity index is 2340. The quantitative estimate of drug-likeness (QED) is 0.0947. The molecule has 5 atom stereocenters. The SMILES string of the molecule is COc1ccc([Si](C)(C)[C@H]2[C@H](CCn3cc(C(CO)c4ccccc4)nn3)O[C@@]3(C(=O)N(c4ccccc4)c4ccc(N(C=O)c5ccccc5)cc43)[C@@H]2C)cc1. The van der Waals surface area contributed by atoms with Gasteiger partial charge in [0.25, 0.3) is 5.91 Å². The van der Waals surface area contributed by atoms with Crippen molar-refractivity contribution >= 4 is 48.3 Å². The molecule has 0 radical (unpaired) electrons. The van der Waals surface area contributed by atoms with Crippen LogP contribution >= 0.6 is 0 Å². The molecule has 8 rings (SSSR count). The molecule has 11 heteroatoms. The minimum absolute atomic E-state index is 0.0177. The molecule has 290 valence electrons. The maximum atomic E-state index is 15.4. The summed E-state index contributed by atoms with van der Waals surface area (Å²) in [6.45, 7) is 7.29. The van der Waals surface area contributed by atoms with Crippen LogP contribution < -0.4 is 19.7 Å². The Morgan fingerprint density at radius 3 is 2.23 bits per heavy atom. The van der Waals surface area contributed by atoms with Gasteiger partial charge in [-0.2, -0.15) is 0 Å². The number of hydrogen-bond donors (Lipinski definition) is 1. The Balaban J connectivity index is 1.22. The number of amides is 2. The van der Waals surface area contributed by atoms with Crippen LogP contribution in [0.3, 0.4) is 0 Å². The molecular formula is C46H47N5O5Si. The van der Waals surface area contributed by atoms with E-state index < -0.39 is 13.7 Å². The van der Waals surface area contributed by atoms with Crippen LogP contribution in [0.25, 0.3) is 0 Å². The molecule has 57 heavy (non-hydrogen) atoms. The van der Waals surface area contributed by atoms with Crippen LogP contribution in [0.1, 0.15) is 36.1 Å². The molecule has 3 heterocycles. The van der Waals surface area contributed by atoms with Crippen molar-refractivity contribution in [1.29, 1.82) is 0 Å². The summed E-state index contributed by atoms with van der Waals surface area (Å²) in [5, 5.41) is 20.6. The lowest BCUT2D eigenvalue weighted by atomic mass is 9.82. The van der Waals surface area contributed by atoms with E-state index in [9.17, 15) is 9.90 Å². The summed E-state index contributed by atoms with van der Waals surface area (Å²) in [5.74, 6) is 0.0863. The van der Waals surface area contributed by atoms with Gasteiger partial charge < -0.3 is 14.6 Å². The third-order valence-corrected chi connectivity index (χ3v) is 16.5. The second-order valence-corrected chi connectivity index (χ2v) is 20.2. The Hall–Kier alpha value is -5.88. The number of carbonyl (C=O) groups is 2. The van der Waals surface area contributed by atoms with Gasteiger partial charge in [-0.15, -0.1) is 5.10 Å². The molecule has 2 amide bonds. The number of anilines is 4. The molecule has 1 unspecified atom stereocenters. The van der Waals surface area contributed by atoms with Crippen molar-refractivity contribution in [3.63, 3.8) is 0 Å². The molecule has 1 fully saturated rings. The van der Waals surface area contributed by atoms with Gasteiger partial charge in [0, 0.05) is 41.3 Å². The first-order chi connectivity index (χ1) is 27.7. The van der Waals surface area contributed by atoms with Gasteiger partial charge in [-0.25, -0.2) is 0 Å². The lowest BCUT2D eigenvalue weighted by molar-refractivity contribution is -0.145. The smallest absolute Gasteiger partial charge is 0.268 e. The first-order valence-electron chi connectivity index (χ1n) is 19.4. The summed E-state index contributed by atoms with van der Waals surface area (Å²) in [6, 6.07) is 43.1. The Morgan fingerprint density at radius 2 is 1.58 bits per heavy atom. The van der Waals surface area contributed by atoms with Crippen molar-refractivity contribution in [2.45, 2.75) is 56.1 Å². The number of aliphatic hydroxyl groups excluding tert-OH is 1. The number of methoxy groups -OCH3 is 1. The van der Waals surface area contributed by atoms with Crippen LogP contribution in [-0.2, 0) is 26.5 Å². The topological polar surface area (TPSA) is 110 Å². The van der Waals surface area contributed by atoms with Crippen molar-refractivity contribution in [3.05, 3.63) is 156 Å². The highest BCUT2D eigenvalue weighted by Crippen LogP contribution is 2.61. The van der Waals surface area contributed by atoms with Crippen molar-refractivity contribution in [2.24, 2.45) is 5.92 Å². The van der Waals surface area contributed by atoms with Crippen molar-refractivity contribution < 1.29 is 24.2 Å². The summed E-state index contributed by atoms with van der Waals surface area (Å²) < 4.78 is 14.8. The van der Waals surface area contributed by atoms with E-state index in [4.69, 9.17) is 9.47 Å². The molecule has 10 nitrogen and oxygen atoms in total. The monoisotopic (exact) mass is 777 g/mol. The van der Waals surface area contributed by atoms with Crippen LogP contribution in [0.5, 0.6) is 5.75 Å². The number of benzene rings is 5. The van der Waals surface area contributed by atoms with E-state index in [0.29, 0.717) is 24.3 Å². The van der Waals surface area contributed by atoms with Gasteiger partial charge >= 0.3 is 0 Å². The molecule has 1 aromatic heterocycles. The lowest BCUT2D eigenvalue weighted by Gasteiger charge is -2.37. The normalized spacial score (nSPS) is 20.8. The zero-order chi connectivity index (χ0) is 39.7. The van der Waals surface area contributed by atoms with E-state index in [-0.39, 0.29) is 36.0 Å². The number of nitrogens with zero attached hydrogens (tertiary/aromatic N) is 5. The molecule has 6 aromatic rings. The van der Waals surface area contributed by atoms with Crippen molar-refractivity contribution in [3.8, 4) is 5.75 Å². The Labute approximate surface area is 334 Å². The molecule has 0 saturated carbocycles. The number of carbonyl (C=O) groups excluding carboxylic acids is 2. The number of hydrogen-bond acceptors (Lipinski definition) is 7. The molecule has 2 aliphatic heterocycles. The number of aliphatic hydroxyl groups is 1. The van der Waals surface area contributed by atoms with E-state index in [1.54, 1.807) is 16.9 Å². The van der Waals surface area contributed by atoms with Gasteiger partial charge in [0.15, 0.2) is 5.60 Å². The van der Waals surface area contributed by atoms with Crippen LogP contribution in [0.15, 0.2) is 140 Å². The maximum Gasteiger partial charge on any atom is 0.268 e. The fraction of sp³-hybridized carbons (Fsp3) is 0.261.